The zero-order valence-electron chi connectivity index (χ0n) is 8.62. The molecule has 5 heteroatoms. The SMILES string of the molecule is Cl.OC1CCCC1Nc1ccc(Cl)c(Cl)c1. The van der Waals surface area contributed by atoms with E-state index in [-0.39, 0.29) is 24.6 Å². The second kappa shape index (κ2) is 5.97. The molecule has 2 atom stereocenters. The third-order valence-corrected chi connectivity index (χ3v) is 3.49. The topological polar surface area (TPSA) is 32.3 Å². The fourth-order valence-electron chi connectivity index (χ4n) is 1.91. The first kappa shape index (κ1) is 13.9. The summed E-state index contributed by atoms with van der Waals surface area (Å²) in [6, 6.07) is 5.56. The van der Waals surface area contributed by atoms with Crippen molar-refractivity contribution in [3.63, 3.8) is 0 Å². The normalized spacial score (nSPS) is 23.9. The number of hydrogen-bond donors (Lipinski definition) is 2. The van der Waals surface area contributed by atoms with Crippen LogP contribution in [0.1, 0.15) is 19.3 Å². The van der Waals surface area contributed by atoms with Crippen LogP contribution in [0, 0.1) is 0 Å². The van der Waals surface area contributed by atoms with Crippen molar-refractivity contribution in [3.05, 3.63) is 28.2 Å². The second-order valence-corrected chi connectivity index (χ2v) is 4.69. The van der Waals surface area contributed by atoms with Crippen LogP contribution in [0.3, 0.4) is 0 Å². The summed E-state index contributed by atoms with van der Waals surface area (Å²) in [6.07, 6.45) is 2.69. The fraction of sp³-hybridized carbons (Fsp3) is 0.455. The van der Waals surface area contributed by atoms with E-state index in [2.05, 4.69) is 5.32 Å². The first-order valence-electron chi connectivity index (χ1n) is 5.06. The highest BCUT2D eigenvalue weighted by Gasteiger charge is 2.24. The van der Waals surface area contributed by atoms with Crippen LogP contribution in [-0.4, -0.2) is 17.3 Å². The molecule has 0 amide bonds. The molecule has 1 saturated carbocycles. The van der Waals surface area contributed by atoms with E-state index in [9.17, 15) is 5.11 Å². The lowest BCUT2D eigenvalue weighted by atomic mass is 10.2. The van der Waals surface area contributed by atoms with Crippen molar-refractivity contribution < 1.29 is 5.11 Å². The lowest BCUT2D eigenvalue weighted by Gasteiger charge is -2.18. The van der Waals surface area contributed by atoms with Gasteiger partial charge in [-0.15, -0.1) is 12.4 Å². The minimum atomic E-state index is -0.251. The van der Waals surface area contributed by atoms with Gasteiger partial charge in [0.15, 0.2) is 0 Å². The fourth-order valence-corrected chi connectivity index (χ4v) is 2.21. The minimum Gasteiger partial charge on any atom is -0.391 e. The maximum atomic E-state index is 9.65. The smallest absolute Gasteiger partial charge is 0.0741 e. The maximum absolute atomic E-state index is 9.65. The van der Waals surface area contributed by atoms with E-state index in [4.69, 9.17) is 23.2 Å². The summed E-state index contributed by atoms with van der Waals surface area (Å²) >= 11 is 11.7. The van der Waals surface area contributed by atoms with Gasteiger partial charge in [-0.1, -0.05) is 23.2 Å². The van der Waals surface area contributed by atoms with Crippen LogP contribution in [0.4, 0.5) is 5.69 Å². The number of rotatable bonds is 2. The molecule has 2 rings (SSSR count). The van der Waals surface area contributed by atoms with Crippen molar-refractivity contribution in [3.8, 4) is 0 Å². The molecule has 2 nitrogen and oxygen atoms in total. The van der Waals surface area contributed by atoms with Crippen LogP contribution in [-0.2, 0) is 0 Å². The van der Waals surface area contributed by atoms with Crippen molar-refractivity contribution in [1.29, 1.82) is 0 Å². The molecule has 16 heavy (non-hydrogen) atoms. The molecule has 1 aromatic carbocycles. The Morgan fingerprint density at radius 3 is 2.50 bits per heavy atom. The molecule has 0 radical (unpaired) electrons. The number of aliphatic hydroxyl groups excluding tert-OH is 1. The van der Waals surface area contributed by atoms with E-state index in [0.29, 0.717) is 10.0 Å². The van der Waals surface area contributed by atoms with E-state index in [1.807, 2.05) is 6.07 Å². The first-order chi connectivity index (χ1) is 7.16. The Balaban J connectivity index is 0.00000128. The Morgan fingerprint density at radius 1 is 1.19 bits per heavy atom. The third-order valence-electron chi connectivity index (χ3n) is 2.75. The largest absolute Gasteiger partial charge is 0.391 e. The van der Waals surface area contributed by atoms with Crippen molar-refractivity contribution in [2.45, 2.75) is 31.4 Å². The van der Waals surface area contributed by atoms with Gasteiger partial charge in [-0.3, -0.25) is 0 Å². The van der Waals surface area contributed by atoms with Crippen LogP contribution >= 0.6 is 35.6 Å². The minimum absolute atomic E-state index is 0. The first-order valence-corrected chi connectivity index (χ1v) is 5.82. The predicted molar refractivity (Wildman–Crippen MR) is 71.0 cm³/mol. The van der Waals surface area contributed by atoms with Gasteiger partial charge in [0.05, 0.1) is 22.2 Å². The quantitative estimate of drug-likeness (QED) is 0.866. The molecule has 0 saturated heterocycles. The molecule has 0 spiro atoms. The predicted octanol–water partition coefficient (Wildman–Crippen LogP) is 3.74. The molecule has 1 aliphatic rings. The maximum Gasteiger partial charge on any atom is 0.0741 e. The van der Waals surface area contributed by atoms with Gasteiger partial charge in [-0.05, 0) is 37.5 Å². The van der Waals surface area contributed by atoms with Gasteiger partial charge in [0, 0.05) is 5.69 Å². The highest BCUT2D eigenvalue weighted by Crippen LogP contribution is 2.28. The second-order valence-electron chi connectivity index (χ2n) is 3.88. The Morgan fingerprint density at radius 2 is 1.94 bits per heavy atom. The zero-order chi connectivity index (χ0) is 10.8. The van der Waals surface area contributed by atoms with Crippen molar-refractivity contribution >= 4 is 41.3 Å². The molecule has 1 aliphatic carbocycles. The van der Waals surface area contributed by atoms with Crippen molar-refractivity contribution in [2.24, 2.45) is 0 Å². The molecular weight excluding hydrogens is 268 g/mol. The molecular formula is C11H14Cl3NO. The van der Waals surface area contributed by atoms with Crippen molar-refractivity contribution in [2.75, 3.05) is 5.32 Å². The monoisotopic (exact) mass is 281 g/mol. The summed E-state index contributed by atoms with van der Waals surface area (Å²) in [5, 5.41) is 14.0. The lowest BCUT2D eigenvalue weighted by Crippen LogP contribution is -2.27. The molecule has 2 N–H and O–H groups in total. The van der Waals surface area contributed by atoms with E-state index >= 15 is 0 Å². The number of aliphatic hydroxyl groups is 1. The van der Waals surface area contributed by atoms with Crippen LogP contribution in [0.5, 0.6) is 0 Å². The molecule has 0 heterocycles. The van der Waals surface area contributed by atoms with Crippen LogP contribution < -0.4 is 5.32 Å². The van der Waals surface area contributed by atoms with Crippen molar-refractivity contribution in [1.82, 2.24) is 0 Å². The Labute approximate surface area is 111 Å². The van der Waals surface area contributed by atoms with Crippen LogP contribution in [0.2, 0.25) is 10.0 Å². The number of hydrogen-bond acceptors (Lipinski definition) is 2. The van der Waals surface area contributed by atoms with Gasteiger partial charge in [-0.2, -0.15) is 0 Å². The summed E-state index contributed by atoms with van der Waals surface area (Å²) in [5.41, 5.74) is 0.912. The number of halogens is 3. The Bertz CT molecular complexity index is 359. The molecule has 0 aliphatic heterocycles. The summed E-state index contributed by atoms with van der Waals surface area (Å²) < 4.78 is 0. The molecule has 0 aromatic heterocycles. The van der Waals surface area contributed by atoms with E-state index in [1.165, 1.54) is 0 Å². The third kappa shape index (κ3) is 3.17. The van der Waals surface area contributed by atoms with Gasteiger partial charge in [0.1, 0.15) is 0 Å². The number of nitrogens with one attached hydrogen (secondary N) is 1. The summed E-state index contributed by atoms with van der Waals surface area (Å²) in [7, 11) is 0. The number of benzene rings is 1. The zero-order valence-corrected chi connectivity index (χ0v) is 10.9. The highest BCUT2D eigenvalue weighted by molar-refractivity contribution is 6.42. The summed E-state index contributed by atoms with van der Waals surface area (Å²) in [5.74, 6) is 0. The molecule has 0 bridgehead atoms. The van der Waals surface area contributed by atoms with Gasteiger partial charge < -0.3 is 10.4 Å². The Kier molecular flexibility index (Phi) is 5.19. The average molecular weight is 283 g/mol. The van der Waals surface area contributed by atoms with Crippen LogP contribution in [0.25, 0.3) is 0 Å². The van der Waals surface area contributed by atoms with Gasteiger partial charge in [-0.25, -0.2) is 0 Å². The van der Waals surface area contributed by atoms with E-state index < -0.39 is 0 Å². The van der Waals surface area contributed by atoms with Gasteiger partial charge >= 0.3 is 0 Å². The van der Waals surface area contributed by atoms with E-state index in [0.717, 1.165) is 24.9 Å². The van der Waals surface area contributed by atoms with Crippen LogP contribution in [0.15, 0.2) is 18.2 Å². The lowest BCUT2D eigenvalue weighted by molar-refractivity contribution is 0.172. The Hall–Kier alpha value is -0.150. The molecule has 2 unspecified atom stereocenters. The standard InChI is InChI=1S/C11H13Cl2NO.ClH/c12-8-5-4-7(6-9(8)13)14-10-2-1-3-11(10)15;/h4-6,10-11,14-15H,1-3H2;1H. The number of anilines is 1. The molecule has 1 fully saturated rings. The summed E-state index contributed by atoms with van der Waals surface area (Å²) in [6.45, 7) is 0. The molecule has 1 aromatic rings. The van der Waals surface area contributed by atoms with E-state index in [1.54, 1.807) is 12.1 Å². The average Bonchev–Trinajstić information content (AvgIpc) is 2.59. The summed E-state index contributed by atoms with van der Waals surface area (Å²) in [4.78, 5) is 0. The van der Waals surface area contributed by atoms with Gasteiger partial charge in [0.25, 0.3) is 0 Å². The highest BCUT2D eigenvalue weighted by atomic mass is 35.5. The molecule has 90 valence electrons. The van der Waals surface area contributed by atoms with Gasteiger partial charge in [0.2, 0.25) is 0 Å².